The number of rotatable bonds is 2. The number of carbonyl (C=O) groups excluding carboxylic acids is 1. The number of nitrogens with one attached hydrogen (secondary N) is 1. The van der Waals surface area contributed by atoms with Gasteiger partial charge in [0.2, 0.25) is 5.91 Å². The van der Waals surface area contributed by atoms with Crippen molar-refractivity contribution in [2.24, 2.45) is 5.92 Å². The van der Waals surface area contributed by atoms with E-state index in [1.165, 1.54) is 12.1 Å². The number of aromatic nitrogens is 1. The highest BCUT2D eigenvalue weighted by atomic mass is 32.2. The lowest BCUT2D eigenvalue weighted by Crippen LogP contribution is -2.22. The van der Waals surface area contributed by atoms with Crippen LogP contribution in [0.15, 0.2) is 18.3 Å². The normalized spacial score (nSPS) is 20.2. The molecule has 0 spiro atoms. The Labute approximate surface area is 91.5 Å². The van der Waals surface area contributed by atoms with E-state index >= 15 is 0 Å². The molecule has 1 aromatic rings. The summed E-state index contributed by atoms with van der Waals surface area (Å²) in [5.41, 5.74) is 0. The van der Waals surface area contributed by atoms with E-state index < -0.39 is 5.82 Å². The number of amides is 1. The van der Waals surface area contributed by atoms with Crippen LogP contribution in [0.25, 0.3) is 0 Å². The van der Waals surface area contributed by atoms with E-state index in [4.69, 9.17) is 0 Å². The third kappa shape index (κ3) is 2.68. The molecule has 3 nitrogen and oxygen atoms in total. The summed E-state index contributed by atoms with van der Waals surface area (Å²) in [5.74, 6) is 1.98. The lowest BCUT2D eigenvalue weighted by Gasteiger charge is -2.08. The molecule has 1 aliphatic heterocycles. The van der Waals surface area contributed by atoms with E-state index in [1.807, 2.05) is 0 Å². The Morgan fingerprint density at radius 2 is 2.47 bits per heavy atom. The molecule has 15 heavy (non-hydrogen) atoms. The summed E-state index contributed by atoms with van der Waals surface area (Å²) < 4.78 is 12.5. The predicted octanol–water partition coefficient (Wildman–Crippen LogP) is 1.91. The number of hydrogen-bond acceptors (Lipinski definition) is 3. The molecule has 1 fully saturated rings. The molecule has 1 aromatic heterocycles. The lowest BCUT2D eigenvalue weighted by molar-refractivity contribution is -0.119. The predicted molar refractivity (Wildman–Crippen MR) is 58.3 cm³/mol. The Hall–Kier alpha value is -1.10. The zero-order chi connectivity index (χ0) is 10.7. The number of thioether (sulfide) groups is 1. The molecule has 2 rings (SSSR count). The van der Waals surface area contributed by atoms with Gasteiger partial charge in [0, 0.05) is 11.7 Å². The molecule has 1 amide bonds. The van der Waals surface area contributed by atoms with Crippen LogP contribution in [0.5, 0.6) is 0 Å². The Bertz CT molecular complexity index is 349. The number of carbonyl (C=O) groups is 1. The van der Waals surface area contributed by atoms with Crippen molar-refractivity contribution in [3.8, 4) is 0 Å². The molecule has 5 heteroatoms. The number of hydrogen-bond donors (Lipinski definition) is 1. The van der Waals surface area contributed by atoms with Gasteiger partial charge in [0.15, 0.2) is 0 Å². The molecule has 1 unspecified atom stereocenters. The van der Waals surface area contributed by atoms with Gasteiger partial charge >= 0.3 is 0 Å². The summed E-state index contributed by atoms with van der Waals surface area (Å²) in [7, 11) is 0. The molecular weight excluding hydrogens is 215 g/mol. The Balaban J connectivity index is 1.96. The van der Waals surface area contributed by atoms with Crippen molar-refractivity contribution in [2.75, 3.05) is 16.8 Å². The van der Waals surface area contributed by atoms with Crippen molar-refractivity contribution in [2.45, 2.75) is 6.42 Å². The van der Waals surface area contributed by atoms with Crippen molar-refractivity contribution in [1.82, 2.24) is 4.98 Å². The maximum Gasteiger partial charge on any atom is 0.229 e. The van der Waals surface area contributed by atoms with Crippen LogP contribution in [-0.2, 0) is 4.79 Å². The minimum absolute atomic E-state index is 0.0147. The molecule has 0 aliphatic carbocycles. The molecule has 2 heterocycles. The molecule has 1 saturated heterocycles. The van der Waals surface area contributed by atoms with E-state index in [2.05, 4.69) is 10.3 Å². The Kier molecular flexibility index (Phi) is 3.20. The lowest BCUT2D eigenvalue weighted by atomic mass is 10.1. The molecule has 0 saturated carbocycles. The van der Waals surface area contributed by atoms with Crippen LogP contribution in [0.2, 0.25) is 0 Å². The summed E-state index contributed by atoms with van der Waals surface area (Å²) in [5, 5.41) is 2.68. The number of anilines is 1. The monoisotopic (exact) mass is 226 g/mol. The van der Waals surface area contributed by atoms with Crippen LogP contribution >= 0.6 is 11.8 Å². The van der Waals surface area contributed by atoms with Crippen LogP contribution in [0.1, 0.15) is 6.42 Å². The van der Waals surface area contributed by atoms with Gasteiger partial charge in [0.25, 0.3) is 0 Å². The molecule has 1 atom stereocenters. The van der Waals surface area contributed by atoms with Gasteiger partial charge in [0.05, 0.1) is 6.20 Å². The first-order chi connectivity index (χ1) is 7.25. The second kappa shape index (κ2) is 4.61. The molecule has 1 N–H and O–H groups in total. The van der Waals surface area contributed by atoms with E-state index in [9.17, 15) is 9.18 Å². The second-order valence-electron chi connectivity index (χ2n) is 3.41. The largest absolute Gasteiger partial charge is 0.310 e. The topological polar surface area (TPSA) is 42.0 Å². The number of nitrogens with zero attached hydrogens (tertiary/aromatic N) is 1. The molecule has 0 radical (unpaired) electrons. The highest BCUT2D eigenvalue weighted by Crippen LogP contribution is 2.24. The van der Waals surface area contributed by atoms with Crippen molar-refractivity contribution in [1.29, 1.82) is 0 Å². The van der Waals surface area contributed by atoms with Crippen LogP contribution in [0.3, 0.4) is 0 Å². The standard InChI is InChI=1S/C10H11FN2OS/c11-8-1-2-9(12-5-8)13-10(14)7-3-4-15-6-7/h1-2,5,7H,3-4,6H2,(H,12,13,14). The quantitative estimate of drug-likeness (QED) is 0.837. The van der Waals surface area contributed by atoms with Crippen LogP contribution in [0, 0.1) is 11.7 Å². The average Bonchev–Trinajstić information content (AvgIpc) is 2.74. The van der Waals surface area contributed by atoms with E-state index in [1.54, 1.807) is 11.8 Å². The third-order valence-corrected chi connectivity index (χ3v) is 3.44. The molecule has 1 aliphatic rings. The van der Waals surface area contributed by atoms with Gasteiger partial charge in [-0.05, 0) is 24.3 Å². The summed E-state index contributed by atoms with van der Waals surface area (Å²) in [6.45, 7) is 0. The van der Waals surface area contributed by atoms with E-state index in [0.717, 1.165) is 24.1 Å². The fourth-order valence-electron chi connectivity index (χ4n) is 1.42. The van der Waals surface area contributed by atoms with Gasteiger partial charge in [0.1, 0.15) is 11.6 Å². The molecule has 0 bridgehead atoms. The first-order valence-electron chi connectivity index (χ1n) is 4.76. The van der Waals surface area contributed by atoms with Crippen molar-refractivity contribution in [3.63, 3.8) is 0 Å². The van der Waals surface area contributed by atoms with Crippen molar-refractivity contribution < 1.29 is 9.18 Å². The van der Waals surface area contributed by atoms with Crippen LogP contribution in [-0.4, -0.2) is 22.4 Å². The van der Waals surface area contributed by atoms with Gasteiger partial charge < -0.3 is 5.32 Å². The van der Waals surface area contributed by atoms with Gasteiger partial charge in [-0.2, -0.15) is 11.8 Å². The summed E-state index contributed by atoms with van der Waals surface area (Å²) in [6.07, 6.45) is 2.01. The SMILES string of the molecule is O=C(Nc1ccc(F)cn1)C1CCSC1. The maximum absolute atomic E-state index is 12.5. The first kappa shape index (κ1) is 10.4. The summed E-state index contributed by atoms with van der Waals surface area (Å²) >= 11 is 1.78. The van der Waals surface area contributed by atoms with Crippen LogP contribution < -0.4 is 5.32 Å². The van der Waals surface area contributed by atoms with E-state index in [-0.39, 0.29) is 11.8 Å². The molecular formula is C10H11FN2OS. The van der Waals surface area contributed by atoms with Gasteiger partial charge in [-0.1, -0.05) is 0 Å². The Morgan fingerprint density at radius 1 is 1.60 bits per heavy atom. The third-order valence-electron chi connectivity index (χ3n) is 2.28. The Morgan fingerprint density at radius 3 is 3.07 bits per heavy atom. The first-order valence-corrected chi connectivity index (χ1v) is 5.91. The van der Waals surface area contributed by atoms with Gasteiger partial charge in [-0.3, -0.25) is 4.79 Å². The molecule has 0 aromatic carbocycles. The van der Waals surface area contributed by atoms with Crippen molar-refractivity contribution in [3.05, 3.63) is 24.1 Å². The zero-order valence-electron chi connectivity index (χ0n) is 8.07. The zero-order valence-corrected chi connectivity index (χ0v) is 8.89. The summed E-state index contributed by atoms with van der Waals surface area (Å²) in [4.78, 5) is 15.4. The van der Waals surface area contributed by atoms with Gasteiger partial charge in [-0.25, -0.2) is 9.37 Å². The minimum Gasteiger partial charge on any atom is -0.310 e. The van der Waals surface area contributed by atoms with Gasteiger partial charge in [-0.15, -0.1) is 0 Å². The smallest absolute Gasteiger partial charge is 0.229 e. The number of halogens is 1. The highest BCUT2D eigenvalue weighted by Gasteiger charge is 2.23. The summed E-state index contributed by atoms with van der Waals surface area (Å²) in [6, 6.07) is 2.75. The number of pyridine rings is 1. The van der Waals surface area contributed by atoms with Crippen molar-refractivity contribution >= 4 is 23.5 Å². The van der Waals surface area contributed by atoms with E-state index in [0.29, 0.717) is 5.82 Å². The minimum atomic E-state index is -0.399. The second-order valence-corrected chi connectivity index (χ2v) is 4.56. The maximum atomic E-state index is 12.5. The van der Waals surface area contributed by atoms with Crippen LogP contribution in [0.4, 0.5) is 10.2 Å². The fraction of sp³-hybridized carbons (Fsp3) is 0.400. The fourth-order valence-corrected chi connectivity index (χ4v) is 2.64. The highest BCUT2D eigenvalue weighted by molar-refractivity contribution is 7.99. The average molecular weight is 226 g/mol. The molecule has 80 valence electrons.